The van der Waals surface area contributed by atoms with Gasteiger partial charge in [0.1, 0.15) is 5.75 Å². The lowest BCUT2D eigenvalue weighted by Gasteiger charge is -2.14. The molecule has 0 aliphatic heterocycles. The summed E-state index contributed by atoms with van der Waals surface area (Å²) in [6, 6.07) is 9.23. The van der Waals surface area contributed by atoms with Crippen LogP contribution in [0.15, 0.2) is 35.2 Å². The van der Waals surface area contributed by atoms with Crippen molar-refractivity contribution < 1.29 is 4.74 Å². The third-order valence-electron chi connectivity index (χ3n) is 4.75. The molecule has 4 heteroatoms. The number of hydrogen-bond acceptors (Lipinski definition) is 4. The lowest BCUT2D eigenvalue weighted by Crippen LogP contribution is -2.10. The van der Waals surface area contributed by atoms with Crippen LogP contribution in [0.1, 0.15) is 39.8 Å². The summed E-state index contributed by atoms with van der Waals surface area (Å²) in [5.74, 6) is 1.79. The van der Waals surface area contributed by atoms with Crippen molar-refractivity contribution in [2.24, 2.45) is 5.92 Å². The van der Waals surface area contributed by atoms with E-state index in [1.807, 2.05) is 18.4 Å². The van der Waals surface area contributed by atoms with Gasteiger partial charge in [-0.1, -0.05) is 6.08 Å². The van der Waals surface area contributed by atoms with Crippen LogP contribution in [0, 0.1) is 12.8 Å². The molecule has 0 spiro atoms. The highest BCUT2D eigenvalue weighted by Gasteiger charge is 2.28. The van der Waals surface area contributed by atoms with E-state index >= 15 is 0 Å². The molecule has 1 heterocycles. The smallest absolute Gasteiger partial charge is 0.127 e. The summed E-state index contributed by atoms with van der Waals surface area (Å²) >= 11 is 3.68. The summed E-state index contributed by atoms with van der Waals surface area (Å²) in [6.07, 6.45) is 7.11. The molecule has 2 aliphatic carbocycles. The zero-order valence-electron chi connectivity index (χ0n) is 14.4. The molecule has 1 aromatic heterocycles. The first-order valence-corrected chi connectivity index (χ1v) is 10.5. The molecule has 1 atom stereocenters. The zero-order valence-corrected chi connectivity index (χ0v) is 16.0. The summed E-state index contributed by atoms with van der Waals surface area (Å²) in [7, 11) is 2.03. The molecule has 2 nitrogen and oxygen atoms in total. The average Bonchev–Trinajstić information content (AvgIpc) is 3.26. The maximum Gasteiger partial charge on any atom is 0.127 e. The molecule has 4 rings (SSSR count). The second-order valence-electron chi connectivity index (χ2n) is 6.60. The largest absolute Gasteiger partial charge is 0.493 e. The Labute approximate surface area is 152 Å². The topological polar surface area (TPSA) is 21.3 Å². The van der Waals surface area contributed by atoms with Crippen molar-refractivity contribution >= 4 is 28.7 Å². The third-order valence-corrected chi connectivity index (χ3v) is 6.61. The van der Waals surface area contributed by atoms with Crippen LogP contribution in [0.3, 0.4) is 0 Å². The standard InChI is InChI=1S/C20H23NOS2/c1-12-8-17-15(10-18(21-2)20(17)24-12)16-9-14(23-3)6-7-19(16)22-11-13-4-5-13/h6-10,13,18,21H,4-5,11H2,1-3H3. The number of thiophene rings is 1. The van der Waals surface area contributed by atoms with Crippen molar-refractivity contribution in [2.45, 2.75) is 30.7 Å². The number of rotatable bonds is 6. The Morgan fingerprint density at radius 2 is 2.08 bits per heavy atom. The Morgan fingerprint density at radius 1 is 1.25 bits per heavy atom. The normalized spacial score (nSPS) is 19.3. The van der Waals surface area contributed by atoms with E-state index in [0.29, 0.717) is 6.04 Å². The first-order chi connectivity index (χ1) is 11.7. The molecule has 1 unspecified atom stereocenters. The fourth-order valence-corrected chi connectivity index (χ4v) is 4.77. The van der Waals surface area contributed by atoms with Crippen LogP contribution >= 0.6 is 23.1 Å². The van der Waals surface area contributed by atoms with Gasteiger partial charge in [0.15, 0.2) is 0 Å². The zero-order chi connectivity index (χ0) is 16.7. The van der Waals surface area contributed by atoms with Gasteiger partial charge >= 0.3 is 0 Å². The van der Waals surface area contributed by atoms with Crippen LogP contribution in [0.25, 0.3) is 5.57 Å². The van der Waals surface area contributed by atoms with E-state index < -0.39 is 0 Å². The first kappa shape index (κ1) is 16.2. The minimum Gasteiger partial charge on any atom is -0.493 e. The summed E-state index contributed by atoms with van der Waals surface area (Å²) < 4.78 is 6.20. The van der Waals surface area contributed by atoms with Gasteiger partial charge in [0.2, 0.25) is 0 Å². The van der Waals surface area contributed by atoms with Crippen LogP contribution in [0.5, 0.6) is 5.75 Å². The number of thioether (sulfide) groups is 1. The van der Waals surface area contributed by atoms with Gasteiger partial charge in [-0.25, -0.2) is 0 Å². The molecule has 2 aliphatic rings. The number of benzene rings is 1. The predicted octanol–water partition coefficient (Wildman–Crippen LogP) is 5.27. The van der Waals surface area contributed by atoms with E-state index in [1.165, 1.54) is 44.2 Å². The summed E-state index contributed by atoms with van der Waals surface area (Å²) in [6.45, 7) is 3.04. The Hall–Kier alpha value is -1.23. The van der Waals surface area contributed by atoms with Crippen LogP contribution in [0.2, 0.25) is 0 Å². The lowest BCUT2D eigenvalue weighted by molar-refractivity contribution is 0.299. The van der Waals surface area contributed by atoms with E-state index in [-0.39, 0.29) is 0 Å². The third kappa shape index (κ3) is 3.03. The van der Waals surface area contributed by atoms with Crippen LogP contribution < -0.4 is 10.1 Å². The number of fused-ring (bicyclic) bond motifs is 1. The van der Waals surface area contributed by atoms with Gasteiger partial charge in [-0.15, -0.1) is 23.1 Å². The van der Waals surface area contributed by atoms with Crippen molar-refractivity contribution in [3.05, 3.63) is 51.2 Å². The molecule has 0 amide bonds. The second-order valence-corrected chi connectivity index (χ2v) is 8.77. The lowest BCUT2D eigenvalue weighted by atomic mass is 10.0. The molecular weight excluding hydrogens is 334 g/mol. The highest BCUT2D eigenvalue weighted by atomic mass is 32.2. The molecule has 1 saturated carbocycles. The predicted molar refractivity (Wildman–Crippen MR) is 104 cm³/mol. The molecule has 126 valence electrons. The molecule has 0 bridgehead atoms. The minimum absolute atomic E-state index is 0.308. The van der Waals surface area contributed by atoms with Crippen molar-refractivity contribution in [1.82, 2.24) is 5.32 Å². The molecule has 2 aromatic rings. The average molecular weight is 358 g/mol. The quantitative estimate of drug-likeness (QED) is 0.711. The molecule has 24 heavy (non-hydrogen) atoms. The van der Waals surface area contributed by atoms with Gasteiger partial charge in [-0.05, 0) is 74.4 Å². The van der Waals surface area contributed by atoms with Crippen LogP contribution in [-0.2, 0) is 0 Å². The number of ether oxygens (including phenoxy) is 1. The second kappa shape index (κ2) is 6.58. The molecule has 1 aromatic carbocycles. The summed E-state index contributed by atoms with van der Waals surface area (Å²) in [4.78, 5) is 4.08. The highest BCUT2D eigenvalue weighted by Crippen LogP contribution is 2.46. The maximum atomic E-state index is 6.20. The molecular formula is C20H23NOS2. The van der Waals surface area contributed by atoms with Gasteiger partial charge in [-0.3, -0.25) is 0 Å². The van der Waals surface area contributed by atoms with Gasteiger partial charge in [0.05, 0.1) is 12.6 Å². The molecule has 1 N–H and O–H groups in total. The number of nitrogens with one attached hydrogen (secondary N) is 1. The Bertz CT molecular complexity index is 789. The molecule has 0 radical (unpaired) electrons. The highest BCUT2D eigenvalue weighted by molar-refractivity contribution is 7.98. The molecule has 1 fully saturated rings. The fraction of sp³-hybridized carbons (Fsp3) is 0.400. The van der Waals surface area contributed by atoms with E-state index in [4.69, 9.17) is 4.74 Å². The van der Waals surface area contributed by atoms with E-state index in [2.05, 4.69) is 48.8 Å². The van der Waals surface area contributed by atoms with Gasteiger partial charge in [0, 0.05) is 20.2 Å². The van der Waals surface area contributed by atoms with E-state index in [1.54, 1.807) is 11.8 Å². The van der Waals surface area contributed by atoms with Crippen molar-refractivity contribution in [3.8, 4) is 5.75 Å². The monoisotopic (exact) mass is 357 g/mol. The summed E-state index contributed by atoms with van der Waals surface area (Å²) in [5.41, 5.74) is 3.92. The Kier molecular flexibility index (Phi) is 4.46. The van der Waals surface area contributed by atoms with Gasteiger partial charge in [-0.2, -0.15) is 0 Å². The first-order valence-electron chi connectivity index (χ1n) is 8.50. The SMILES string of the molecule is CNC1C=C(c2cc(SC)ccc2OCC2CC2)c2cc(C)sc21. The van der Waals surface area contributed by atoms with E-state index in [9.17, 15) is 0 Å². The van der Waals surface area contributed by atoms with Gasteiger partial charge < -0.3 is 10.1 Å². The van der Waals surface area contributed by atoms with Crippen LogP contribution in [-0.4, -0.2) is 19.9 Å². The Balaban J connectivity index is 1.76. The fourth-order valence-electron chi connectivity index (χ4n) is 3.22. The number of aryl methyl sites for hydroxylation is 1. The summed E-state index contributed by atoms with van der Waals surface area (Å²) in [5, 5.41) is 3.43. The number of hydrogen-bond donors (Lipinski definition) is 1. The number of likely N-dealkylation sites (N-methyl/N-ethyl adjacent to an activating group) is 1. The molecule has 0 saturated heterocycles. The van der Waals surface area contributed by atoms with Crippen molar-refractivity contribution in [3.63, 3.8) is 0 Å². The van der Waals surface area contributed by atoms with Crippen molar-refractivity contribution in [1.29, 1.82) is 0 Å². The van der Waals surface area contributed by atoms with Crippen molar-refractivity contribution in [2.75, 3.05) is 19.9 Å². The van der Waals surface area contributed by atoms with Crippen LogP contribution in [0.4, 0.5) is 0 Å². The van der Waals surface area contributed by atoms with E-state index in [0.717, 1.165) is 18.3 Å². The minimum atomic E-state index is 0.308. The maximum absolute atomic E-state index is 6.20. The van der Waals surface area contributed by atoms with Gasteiger partial charge in [0.25, 0.3) is 0 Å². The Morgan fingerprint density at radius 3 is 2.79 bits per heavy atom.